The van der Waals surface area contributed by atoms with Crippen molar-refractivity contribution >= 4 is 5.91 Å². The average Bonchev–Trinajstić information content (AvgIpc) is 3.72. The van der Waals surface area contributed by atoms with Crippen LogP contribution < -0.4 is 20.5 Å². The number of halogens is 3. The summed E-state index contributed by atoms with van der Waals surface area (Å²) in [5, 5.41) is 11.0. The van der Waals surface area contributed by atoms with Crippen molar-refractivity contribution in [3.63, 3.8) is 0 Å². The van der Waals surface area contributed by atoms with Gasteiger partial charge >= 0.3 is 6.18 Å². The fraction of sp³-hybridized carbons (Fsp3) is 0.276. The maximum Gasteiger partial charge on any atom is 0.433 e. The highest BCUT2D eigenvalue weighted by Gasteiger charge is 2.36. The summed E-state index contributed by atoms with van der Waals surface area (Å²) in [6.07, 6.45) is 1.11. The summed E-state index contributed by atoms with van der Waals surface area (Å²) < 4.78 is 58.8. The van der Waals surface area contributed by atoms with Gasteiger partial charge in [-0.2, -0.15) is 13.2 Å². The summed E-state index contributed by atoms with van der Waals surface area (Å²) >= 11 is 0. The Balaban J connectivity index is 1.55. The first-order chi connectivity index (χ1) is 19.2. The third-order valence-corrected chi connectivity index (χ3v) is 6.79. The van der Waals surface area contributed by atoms with Gasteiger partial charge in [0.2, 0.25) is 0 Å². The Morgan fingerprint density at radius 2 is 1.88 bits per heavy atom. The molecule has 1 saturated carbocycles. The molecule has 1 atom stereocenters. The molecular formula is C29H27F3N4O4. The predicted octanol–water partition coefficient (Wildman–Crippen LogP) is 5.59. The second-order valence-corrected chi connectivity index (χ2v) is 9.59. The molecule has 40 heavy (non-hydrogen) atoms. The van der Waals surface area contributed by atoms with Gasteiger partial charge in [0.1, 0.15) is 17.8 Å². The molecule has 1 aliphatic carbocycles. The number of ether oxygens (including phenoxy) is 2. The maximum atomic E-state index is 13.8. The normalized spacial score (nSPS) is 14.0. The molecule has 11 heteroatoms. The number of carbonyl (C=O) groups is 1. The summed E-state index contributed by atoms with van der Waals surface area (Å²) in [5.41, 5.74) is 0.369. The van der Waals surface area contributed by atoms with E-state index in [0.29, 0.717) is 17.1 Å². The van der Waals surface area contributed by atoms with Crippen LogP contribution in [0.25, 0.3) is 11.1 Å². The molecule has 2 aromatic heterocycles. The second-order valence-electron chi connectivity index (χ2n) is 9.59. The SMILES string of the molecule is COc1cc(OC)cc(C(NC(=O)c2cc(Cn3ccoc3=N)cc(-c3cccnc3C(F)(F)F)c2)C2CC2)c1. The lowest BCUT2D eigenvalue weighted by Gasteiger charge is -2.21. The van der Waals surface area contributed by atoms with Gasteiger partial charge in [-0.1, -0.05) is 6.07 Å². The first-order valence-corrected chi connectivity index (χ1v) is 12.5. The number of aromatic nitrogens is 2. The zero-order valence-corrected chi connectivity index (χ0v) is 21.8. The average molecular weight is 553 g/mol. The van der Waals surface area contributed by atoms with Crippen molar-refractivity contribution in [3.8, 4) is 22.6 Å². The van der Waals surface area contributed by atoms with Crippen molar-refractivity contribution in [3.05, 3.63) is 95.3 Å². The number of benzene rings is 2. The number of amides is 1. The molecule has 1 aliphatic rings. The Kier molecular flexibility index (Phi) is 7.38. The molecular weight excluding hydrogens is 525 g/mol. The van der Waals surface area contributed by atoms with Crippen molar-refractivity contribution in [2.45, 2.75) is 31.6 Å². The molecule has 2 N–H and O–H groups in total. The monoisotopic (exact) mass is 552 g/mol. The summed E-state index contributed by atoms with van der Waals surface area (Å²) in [7, 11) is 3.09. The number of methoxy groups -OCH3 is 2. The molecule has 1 fully saturated rings. The van der Waals surface area contributed by atoms with Crippen LogP contribution in [-0.4, -0.2) is 29.7 Å². The van der Waals surface area contributed by atoms with Crippen LogP contribution in [-0.2, 0) is 12.7 Å². The molecule has 208 valence electrons. The fourth-order valence-corrected chi connectivity index (χ4v) is 4.70. The summed E-state index contributed by atoms with van der Waals surface area (Å²) in [5.74, 6) is 0.921. The molecule has 0 aliphatic heterocycles. The van der Waals surface area contributed by atoms with Gasteiger partial charge in [0, 0.05) is 29.6 Å². The first kappa shape index (κ1) is 27.0. The molecule has 2 aromatic carbocycles. The van der Waals surface area contributed by atoms with Gasteiger partial charge in [0.05, 0.1) is 26.8 Å². The van der Waals surface area contributed by atoms with Crippen molar-refractivity contribution in [2.75, 3.05) is 14.2 Å². The number of alkyl halides is 3. The number of nitrogens with zero attached hydrogens (tertiary/aromatic N) is 2. The Morgan fingerprint density at radius 1 is 1.15 bits per heavy atom. The Labute approximate surface area is 227 Å². The molecule has 4 aromatic rings. The fourth-order valence-electron chi connectivity index (χ4n) is 4.70. The third kappa shape index (κ3) is 5.88. The molecule has 5 rings (SSSR count). The number of hydrogen-bond acceptors (Lipinski definition) is 6. The lowest BCUT2D eigenvalue weighted by atomic mass is 9.96. The molecule has 2 heterocycles. The predicted molar refractivity (Wildman–Crippen MR) is 139 cm³/mol. The van der Waals surface area contributed by atoms with Crippen LogP contribution in [0.2, 0.25) is 0 Å². The number of carbonyl (C=O) groups excluding carboxylic acids is 1. The van der Waals surface area contributed by atoms with Crippen LogP contribution in [0, 0.1) is 11.3 Å². The minimum absolute atomic E-state index is 0.115. The van der Waals surface area contributed by atoms with E-state index in [0.717, 1.165) is 24.6 Å². The minimum atomic E-state index is -4.69. The Bertz CT molecular complexity index is 1570. The minimum Gasteiger partial charge on any atom is -0.497 e. The van der Waals surface area contributed by atoms with Crippen molar-refractivity contribution in [2.24, 2.45) is 5.92 Å². The summed E-state index contributed by atoms with van der Waals surface area (Å²) in [4.78, 5) is 17.3. The molecule has 0 spiro atoms. The number of rotatable bonds is 9. The highest BCUT2D eigenvalue weighted by Crippen LogP contribution is 2.43. The standard InChI is InChI=1S/C29H27F3N4O4/c1-38-22-13-20(14-23(15-22)39-2)25(18-5-6-18)35-27(37)21-11-17(16-36-8-9-40-28(36)33)10-19(12-21)24-4-3-7-34-26(24)29(30,31)32/h3-4,7-15,18,25,33H,5-6,16H2,1-2H3,(H,35,37). The highest BCUT2D eigenvalue weighted by molar-refractivity contribution is 5.96. The van der Waals surface area contributed by atoms with Crippen molar-refractivity contribution < 1.29 is 31.9 Å². The molecule has 0 bridgehead atoms. The topological polar surface area (TPSA) is 102 Å². The number of nitrogens with one attached hydrogen (secondary N) is 2. The largest absolute Gasteiger partial charge is 0.497 e. The maximum absolute atomic E-state index is 13.8. The van der Waals surface area contributed by atoms with E-state index in [4.69, 9.17) is 19.3 Å². The van der Waals surface area contributed by atoms with Crippen LogP contribution in [0.5, 0.6) is 11.5 Å². The van der Waals surface area contributed by atoms with Gasteiger partial charge < -0.3 is 19.2 Å². The van der Waals surface area contributed by atoms with Gasteiger partial charge in [-0.3, -0.25) is 19.8 Å². The number of pyridine rings is 1. The van der Waals surface area contributed by atoms with Gasteiger partial charge in [-0.25, -0.2) is 0 Å². The molecule has 0 radical (unpaired) electrons. The van der Waals surface area contributed by atoms with E-state index >= 15 is 0 Å². The van der Waals surface area contributed by atoms with Crippen LogP contribution in [0.15, 0.2) is 71.6 Å². The molecule has 8 nitrogen and oxygen atoms in total. The summed E-state index contributed by atoms with van der Waals surface area (Å²) in [6.45, 7) is 0.115. The van der Waals surface area contributed by atoms with E-state index in [1.165, 1.54) is 29.0 Å². The van der Waals surface area contributed by atoms with E-state index in [9.17, 15) is 18.0 Å². The van der Waals surface area contributed by atoms with Gasteiger partial charge in [-0.15, -0.1) is 0 Å². The Hall–Kier alpha value is -4.54. The number of hydrogen-bond donors (Lipinski definition) is 2. The zero-order chi connectivity index (χ0) is 28.4. The van der Waals surface area contributed by atoms with Crippen LogP contribution in [0.3, 0.4) is 0 Å². The van der Waals surface area contributed by atoms with Crippen molar-refractivity contribution in [1.29, 1.82) is 5.41 Å². The van der Waals surface area contributed by atoms with Gasteiger partial charge in [0.15, 0.2) is 5.69 Å². The van der Waals surface area contributed by atoms with E-state index in [-0.39, 0.29) is 40.9 Å². The summed E-state index contributed by atoms with van der Waals surface area (Å²) in [6, 6.07) is 12.4. The van der Waals surface area contributed by atoms with E-state index in [1.807, 2.05) is 12.1 Å². The molecule has 1 amide bonds. The third-order valence-electron chi connectivity index (χ3n) is 6.79. The van der Waals surface area contributed by atoms with Gasteiger partial charge in [-0.05, 0) is 71.8 Å². The zero-order valence-electron chi connectivity index (χ0n) is 21.8. The van der Waals surface area contributed by atoms with Crippen molar-refractivity contribution in [1.82, 2.24) is 14.9 Å². The van der Waals surface area contributed by atoms with E-state index in [2.05, 4.69) is 10.3 Å². The van der Waals surface area contributed by atoms with E-state index in [1.54, 1.807) is 38.6 Å². The first-order valence-electron chi connectivity index (χ1n) is 12.5. The van der Waals surface area contributed by atoms with Crippen LogP contribution in [0.4, 0.5) is 13.2 Å². The quantitative estimate of drug-likeness (QED) is 0.282. The molecule has 1 unspecified atom stereocenters. The second kappa shape index (κ2) is 10.9. The number of oxazole rings is 1. The van der Waals surface area contributed by atoms with E-state index < -0.39 is 17.8 Å². The Morgan fingerprint density at radius 3 is 2.48 bits per heavy atom. The van der Waals surface area contributed by atoms with Crippen LogP contribution in [0.1, 0.15) is 46.1 Å². The van der Waals surface area contributed by atoms with Gasteiger partial charge in [0.25, 0.3) is 11.6 Å². The molecule has 0 saturated heterocycles. The lowest BCUT2D eigenvalue weighted by molar-refractivity contribution is -0.140. The smallest absolute Gasteiger partial charge is 0.433 e. The highest BCUT2D eigenvalue weighted by atomic mass is 19.4. The van der Waals surface area contributed by atoms with Crippen LogP contribution >= 0.6 is 0 Å². The lowest BCUT2D eigenvalue weighted by Crippen LogP contribution is -2.30.